The van der Waals surface area contributed by atoms with Crippen molar-refractivity contribution in [1.82, 2.24) is 10.7 Å². The van der Waals surface area contributed by atoms with Crippen LogP contribution in [0, 0.1) is 11.6 Å². The summed E-state index contributed by atoms with van der Waals surface area (Å²) in [7, 11) is 0. The van der Waals surface area contributed by atoms with Crippen molar-refractivity contribution in [2.24, 2.45) is 0 Å². The Morgan fingerprint density at radius 2 is 1.65 bits per heavy atom. The zero-order chi connectivity index (χ0) is 26.5. The van der Waals surface area contributed by atoms with E-state index in [-0.39, 0.29) is 17.9 Å². The van der Waals surface area contributed by atoms with Crippen LogP contribution in [0.1, 0.15) is 30.4 Å². The van der Waals surface area contributed by atoms with Gasteiger partial charge in [-0.2, -0.15) is 11.8 Å². The summed E-state index contributed by atoms with van der Waals surface area (Å²) in [6, 6.07) is 16.8. The molecule has 0 saturated carbocycles. The molecular weight excluding hydrogens is 496 g/mol. The lowest BCUT2D eigenvalue weighted by Crippen LogP contribution is -2.55. The second kappa shape index (κ2) is 11.6. The molecule has 0 saturated heterocycles. The average Bonchev–Trinajstić information content (AvgIpc) is 2.95. The fourth-order valence-corrected chi connectivity index (χ4v) is 4.88. The third-order valence-electron chi connectivity index (χ3n) is 6.22. The van der Waals surface area contributed by atoms with Crippen molar-refractivity contribution in [3.8, 4) is 11.1 Å². The molecule has 6 nitrogen and oxygen atoms in total. The van der Waals surface area contributed by atoms with Crippen LogP contribution in [0.5, 0.6) is 0 Å². The summed E-state index contributed by atoms with van der Waals surface area (Å²) in [5, 5.41) is 3.92. The van der Waals surface area contributed by atoms with E-state index in [1.54, 1.807) is 19.1 Å². The quantitative estimate of drug-likeness (QED) is 0.453. The van der Waals surface area contributed by atoms with E-state index in [1.807, 2.05) is 42.7 Å². The van der Waals surface area contributed by atoms with Crippen molar-refractivity contribution in [2.45, 2.75) is 31.7 Å². The molecule has 0 fully saturated rings. The van der Waals surface area contributed by atoms with Crippen molar-refractivity contribution in [1.29, 1.82) is 0 Å². The molecule has 0 bridgehead atoms. The van der Waals surface area contributed by atoms with E-state index in [9.17, 15) is 23.2 Å². The number of carbonyl (C=O) groups is 3. The first kappa shape index (κ1) is 26.3. The Morgan fingerprint density at radius 3 is 2.35 bits per heavy atom. The number of rotatable bonds is 8. The van der Waals surface area contributed by atoms with Gasteiger partial charge in [-0.25, -0.2) is 13.8 Å². The Bertz CT molecular complexity index is 1310. The van der Waals surface area contributed by atoms with Crippen LogP contribution in [0.4, 0.5) is 14.5 Å². The van der Waals surface area contributed by atoms with Crippen molar-refractivity contribution in [3.05, 3.63) is 89.5 Å². The van der Waals surface area contributed by atoms with E-state index in [0.29, 0.717) is 17.9 Å². The summed E-state index contributed by atoms with van der Waals surface area (Å²) in [6.07, 6.45) is 1.88. The molecule has 1 aliphatic rings. The molecule has 3 amide bonds. The summed E-state index contributed by atoms with van der Waals surface area (Å²) in [5.74, 6) is -2.95. The van der Waals surface area contributed by atoms with E-state index in [1.165, 1.54) is 16.8 Å². The first-order chi connectivity index (χ1) is 17.8. The highest BCUT2D eigenvalue weighted by atomic mass is 32.2. The van der Waals surface area contributed by atoms with E-state index < -0.39 is 35.4 Å². The number of amides is 3. The number of para-hydroxylation sites is 1. The van der Waals surface area contributed by atoms with Crippen LogP contribution in [0.2, 0.25) is 0 Å². The minimum Gasteiger partial charge on any atom is -0.344 e. The molecule has 0 aromatic heterocycles. The van der Waals surface area contributed by atoms with Crippen molar-refractivity contribution in [3.63, 3.8) is 0 Å². The molecule has 0 aliphatic carbocycles. The van der Waals surface area contributed by atoms with Gasteiger partial charge in [0.2, 0.25) is 5.91 Å². The molecule has 1 aliphatic heterocycles. The van der Waals surface area contributed by atoms with Crippen LogP contribution in [-0.4, -0.2) is 35.8 Å². The van der Waals surface area contributed by atoms with E-state index >= 15 is 0 Å². The molecule has 4 rings (SSSR count). The monoisotopic (exact) mass is 523 g/mol. The lowest BCUT2D eigenvalue weighted by Gasteiger charge is -2.28. The van der Waals surface area contributed by atoms with E-state index in [2.05, 4.69) is 10.7 Å². The van der Waals surface area contributed by atoms with Crippen LogP contribution in [0.15, 0.2) is 66.7 Å². The number of carbonyl (C=O) groups excluding carboxylic acids is 3. The van der Waals surface area contributed by atoms with Gasteiger partial charge in [0.05, 0.1) is 18.0 Å². The maximum Gasteiger partial charge on any atom is 0.261 e. The van der Waals surface area contributed by atoms with Crippen LogP contribution in [0.25, 0.3) is 11.1 Å². The molecule has 1 heterocycles. The molecule has 3 aromatic carbocycles. The highest BCUT2D eigenvalue weighted by Gasteiger charge is 2.33. The van der Waals surface area contributed by atoms with Crippen LogP contribution >= 0.6 is 11.8 Å². The highest BCUT2D eigenvalue weighted by Crippen LogP contribution is 2.40. The Hall–Kier alpha value is -3.72. The van der Waals surface area contributed by atoms with Crippen molar-refractivity contribution < 1.29 is 23.2 Å². The number of hydrazine groups is 1. The van der Waals surface area contributed by atoms with Crippen molar-refractivity contribution in [2.75, 3.05) is 17.0 Å². The highest BCUT2D eigenvalue weighted by molar-refractivity contribution is 7.98. The Morgan fingerprint density at radius 1 is 1.00 bits per heavy atom. The topological polar surface area (TPSA) is 78.5 Å². The zero-order valence-electron chi connectivity index (χ0n) is 20.5. The van der Waals surface area contributed by atoms with Crippen molar-refractivity contribution >= 4 is 35.2 Å². The molecule has 2 N–H and O–H groups in total. The molecule has 0 spiro atoms. The molecule has 192 valence electrons. The third-order valence-corrected chi connectivity index (χ3v) is 6.87. The lowest BCUT2D eigenvalue weighted by atomic mass is 9.92. The normalized spacial score (nSPS) is 15.3. The molecule has 37 heavy (non-hydrogen) atoms. The maximum absolute atomic E-state index is 13.5. The largest absolute Gasteiger partial charge is 0.344 e. The number of thioether (sulfide) groups is 1. The molecule has 0 radical (unpaired) electrons. The van der Waals surface area contributed by atoms with Gasteiger partial charge in [0.25, 0.3) is 11.8 Å². The molecule has 1 unspecified atom stereocenters. The number of anilines is 1. The fraction of sp³-hybridized carbons (Fsp3) is 0.250. The summed E-state index contributed by atoms with van der Waals surface area (Å²) in [4.78, 5) is 39.6. The molecule has 2 atom stereocenters. The number of benzene rings is 3. The Kier molecular flexibility index (Phi) is 8.23. The number of hydrogen-bond acceptors (Lipinski definition) is 4. The smallest absolute Gasteiger partial charge is 0.261 e. The maximum atomic E-state index is 13.5. The predicted octanol–water partition coefficient (Wildman–Crippen LogP) is 4.59. The summed E-state index contributed by atoms with van der Waals surface area (Å²) < 4.78 is 27.1. The van der Waals surface area contributed by atoms with Crippen LogP contribution in [-0.2, 0) is 20.8 Å². The molecular formula is C28H27F2N3O3S. The second-order valence-electron chi connectivity index (χ2n) is 8.83. The Balaban J connectivity index is 1.57. The van der Waals surface area contributed by atoms with Gasteiger partial charge in [-0.05, 0) is 60.2 Å². The first-order valence-corrected chi connectivity index (χ1v) is 13.2. The van der Waals surface area contributed by atoms with E-state index in [0.717, 1.165) is 34.9 Å². The average molecular weight is 524 g/mol. The zero-order valence-corrected chi connectivity index (χ0v) is 21.3. The van der Waals surface area contributed by atoms with Gasteiger partial charge in [-0.3, -0.25) is 19.8 Å². The van der Waals surface area contributed by atoms with E-state index in [4.69, 9.17) is 0 Å². The third kappa shape index (κ3) is 5.99. The lowest BCUT2D eigenvalue weighted by molar-refractivity contribution is -0.130. The van der Waals surface area contributed by atoms with Gasteiger partial charge in [-0.1, -0.05) is 42.5 Å². The summed E-state index contributed by atoms with van der Waals surface area (Å²) >= 11 is 1.50. The minimum atomic E-state index is -0.959. The molecule has 9 heteroatoms. The number of hydrogen-bond donors (Lipinski definition) is 2. The minimum absolute atomic E-state index is 0.155. The van der Waals surface area contributed by atoms with Gasteiger partial charge < -0.3 is 5.32 Å². The van der Waals surface area contributed by atoms with Gasteiger partial charge in [0, 0.05) is 11.6 Å². The SMILES string of the molecule is CSCC[C@H](NC(=O)Cc1cc(F)cc(F)c1)C(=O)NN1C(=O)C(C)c2ccccc2-c2ccccc21. The standard InChI is InChI=1S/C28H27F2N3O3S/c1-17-21-7-3-4-8-22(21)23-9-5-6-10-25(23)33(28(17)36)32-27(35)24(11-12-37-2)31-26(34)15-18-13-19(29)16-20(30)14-18/h3-10,13-14,16-17,24H,11-12,15H2,1-2H3,(H,31,34)(H,32,35)/t17?,24-/m0/s1. The van der Waals surface area contributed by atoms with Gasteiger partial charge >= 0.3 is 0 Å². The summed E-state index contributed by atoms with van der Waals surface area (Å²) in [6.45, 7) is 1.79. The van der Waals surface area contributed by atoms with Crippen LogP contribution in [0.3, 0.4) is 0 Å². The number of halogens is 2. The van der Waals surface area contributed by atoms with Gasteiger partial charge in [-0.15, -0.1) is 0 Å². The molecule has 3 aromatic rings. The predicted molar refractivity (Wildman–Crippen MR) is 141 cm³/mol. The summed E-state index contributed by atoms with van der Waals surface area (Å²) in [5.41, 5.74) is 5.97. The number of nitrogens with zero attached hydrogens (tertiary/aromatic N) is 1. The second-order valence-corrected chi connectivity index (χ2v) is 9.82. The van der Waals surface area contributed by atoms with Gasteiger partial charge in [0.15, 0.2) is 0 Å². The first-order valence-electron chi connectivity index (χ1n) is 11.8. The fourth-order valence-electron chi connectivity index (χ4n) is 4.41. The van der Waals surface area contributed by atoms with Crippen LogP contribution < -0.4 is 15.8 Å². The number of fused-ring (bicyclic) bond motifs is 3. The number of nitrogens with one attached hydrogen (secondary N) is 2. The van der Waals surface area contributed by atoms with Gasteiger partial charge in [0.1, 0.15) is 17.7 Å². The Labute approximate surface area is 218 Å².